The third-order valence-corrected chi connectivity index (χ3v) is 5.66. The average Bonchev–Trinajstić information content (AvgIpc) is 3.13. The topological polar surface area (TPSA) is 76.9 Å². The van der Waals surface area contributed by atoms with E-state index < -0.39 is 0 Å². The lowest BCUT2D eigenvalue weighted by Crippen LogP contribution is -2.27. The number of benzene rings is 2. The van der Waals surface area contributed by atoms with Gasteiger partial charge in [-0.1, -0.05) is 17.7 Å². The van der Waals surface area contributed by atoms with Gasteiger partial charge in [-0.2, -0.15) is 4.37 Å². The molecule has 0 saturated carbocycles. The van der Waals surface area contributed by atoms with Gasteiger partial charge in [-0.25, -0.2) is 9.37 Å². The molecule has 146 valence electrons. The number of aromatic nitrogens is 3. The smallest absolute Gasteiger partial charge is 0.273 e. The van der Waals surface area contributed by atoms with Gasteiger partial charge in [0.05, 0.1) is 6.33 Å². The molecule has 0 aliphatic rings. The first-order chi connectivity index (χ1) is 13.9. The van der Waals surface area contributed by atoms with Crippen molar-refractivity contribution in [2.24, 2.45) is 0 Å². The summed E-state index contributed by atoms with van der Waals surface area (Å²) in [5, 5.41) is 3.30. The number of amides is 1. The zero-order valence-corrected chi connectivity index (χ0v) is 16.7. The molecule has 1 N–H and O–H groups in total. The molecule has 0 fully saturated rings. The number of carbonyl (C=O) groups excluding carboxylic acids is 1. The first kappa shape index (κ1) is 19.2. The minimum atomic E-state index is -0.373. The Balaban J connectivity index is 1.61. The van der Waals surface area contributed by atoms with Crippen LogP contribution in [-0.4, -0.2) is 19.8 Å². The van der Waals surface area contributed by atoms with Gasteiger partial charge >= 0.3 is 0 Å². The van der Waals surface area contributed by atoms with Crippen LogP contribution in [0.15, 0.2) is 53.6 Å². The van der Waals surface area contributed by atoms with Crippen molar-refractivity contribution in [3.05, 3.63) is 75.5 Å². The van der Waals surface area contributed by atoms with Crippen LogP contribution in [0.4, 0.5) is 10.1 Å². The Morgan fingerprint density at radius 3 is 2.76 bits per heavy atom. The molecule has 0 spiro atoms. The fraction of sp³-hybridized carbons (Fsp3) is 0.100. The summed E-state index contributed by atoms with van der Waals surface area (Å²) in [6.45, 7) is 1.60. The summed E-state index contributed by atoms with van der Waals surface area (Å²) >= 11 is 7.07. The Morgan fingerprint density at radius 1 is 1.24 bits per heavy atom. The van der Waals surface area contributed by atoms with E-state index in [4.69, 9.17) is 11.6 Å². The van der Waals surface area contributed by atoms with Crippen molar-refractivity contribution in [3.63, 3.8) is 0 Å². The third kappa shape index (κ3) is 3.76. The second-order valence-corrected chi connectivity index (χ2v) is 7.53. The predicted molar refractivity (Wildman–Crippen MR) is 112 cm³/mol. The Hall–Kier alpha value is -3.10. The van der Waals surface area contributed by atoms with Gasteiger partial charge in [0.1, 0.15) is 28.3 Å². The Morgan fingerprint density at radius 2 is 2.00 bits per heavy atom. The van der Waals surface area contributed by atoms with E-state index in [2.05, 4.69) is 14.7 Å². The molecule has 0 aliphatic carbocycles. The van der Waals surface area contributed by atoms with Gasteiger partial charge in [-0.15, -0.1) is 0 Å². The molecule has 0 unspecified atom stereocenters. The number of anilines is 1. The van der Waals surface area contributed by atoms with E-state index in [9.17, 15) is 14.0 Å². The van der Waals surface area contributed by atoms with Crippen molar-refractivity contribution < 1.29 is 9.18 Å². The van der Waals surface area contributed by atoms with Gasteiger partial charge in [-0.3, -0.25) is 14.2 Å². The lowest BCUT2D eigenvalue weighted by atomic mass is 10.1. The molecule has 2 aromatic heterocycles. The highest BCUT2D eigenvalue weighted by Gasteiger charge is 2.16. The lowest BCUT2D eigenvalue weighted by Gasteiger charge is -2.10. The molecular formula is C20H14ClFN4O2S. The first-order valence-electron chi connectivity index (χ1n) is 8.60. The van der Waals surface area contributed by atoms with Crippen molar-refractivity contribution in [2.75, 3.05) is 5.32 Å². The molecule has 29 heavy (non-hydrogen) atoms. The molecule has 2 heterocycles. The summed E-state index contributed by atoms with van der Waals surface area (Å²) in [6, 6.07) is 11.0. The number of hydrogen-bond donors (Lipinski definition) is 1. The van der Waals surface area contributed by atoms with E-state index in [0.29, 0.717) is 32.2 Å². The highest BCUT2D eigenvalue weighted by atomic mass is 35.5. The Kier molecular flexibility index (Phi) is 5.12. The van der Waals surface area contributed by atoms with Crippen molar-refractivity contribution >= 4 is 44.9 Å². The molecule has 0 aliphatic heterocycles. The monoisotopic (exact) mass is 428 g/mol. The van der Waals surface area contributed by atoms with Crippen LogP contribution in [0.2, 0.25) is 5.02 Å². The van der Waals surface area contributed by atoms with Crippen molar-refractivity contribution in [1.29, 1.82) is 0 Å². The fourth-order valence-electron chi connectivity index (χ4n) is 2.85. The molecule has 0 saturated heterocycles. The SMILES string of the molecule is Cc1c(Cl)cccc1NC(=O)Cn1cnc2c(-c3ccc(F)cc3)nsc2c1=O. The van der Waals surface area contributed by atoms with Gasteiger partial charge in [-0.05, 0) is 60.4 Å². The highest BCUT2D eigenvalue weighted by molar-refractivity contribution is 7.13. The fourth-order valence-corrected chi connectivity index (χ4v) is 3.83. The molecule has 4 aromatic rings. The molecule has 2 aromatic carbocycles. The predicted octanol–water partition coefficient (Wildman–Crippen LogP) is 4.26. The first-order valence-corrected chi connectivity index (χ1v) is 9.75. The summed E-state index contributed by atoms with van der Waals surface area (Å²) < 4.78 is 19.0. The number of hydrogen-bond acceptors (Lipinski definition) is 5. The lowest BCUT2D eigenvalue weighted by molar-refractivity contribution is -0.116. The molecule has 9 heteroatoms. The van der Waals surface area contributed by atoms with Crippen LogP contribution in [0.3, 0.4) is 0 Å². The van der Waals surface area contributed by atoms with Gasteiger partial charge in [0.2, 0.25) is 5.91 Å². The van der Waals surface area contributed by atoms with Crippen LogP contribution < -0.4 is 10.9 Å². The summed E-state index contributed by atoms with van der Waals surface area (Å²) in [7, 11) is 0. The number of halogens is 2. The number of rotatable bonds is 4. The second-order valence-electron chi connectivity index (χ2n) is 6.35. The van der Waals surface area contributed by atoms with E-state index in [-0.39, 0.29) is 23.8 Å². The Labute approximate surface area is 173 Å². The van der Waals surface area contributed by atoms with E-state index in [1.165, 1.54) is 23.0 Å². The van der Waals surface area contributed by atoms with Crippen LogP contribution in [0.25, 0.3) is 21.5 Å². The minimum Gasteiger partial charge on any atom is -0.324 e. The second kappa shape index (κ2) is 7.73. The van der Waals surface area contributed by atoms with Crippen molar-refractivity contribution in [2.45, 2.75) is 13.5 Å². The van der Waals surface area contributed by atoms with Crippen LogP contribution >= 0.6 is 23.1 Å². The molecule has 0 radical (unpaired) electrons. The Bertz CT molecular complexity index is 1280. The van der Waals surface area contributed by atoms with Crippen molar-refractivity contribution in [1.82, 2.24) is 13.9 Å². The maximum Gasteiger partial charge on any atom is 0.273 e. The molecule has 0 atom stereocenters. The van der Waals surface area contributed by atoms with Gasteiger partial charge in [0, 0.05) is 16.3 Å². The van der Waals surface area contributed by atoms with E-state index in [0.717, 1.165) is 17.1 Å². The zero-order valence-electron chi connectivity index (χ0n) is 15.1. The molecule has 1 amide bonds. The quantitative estimate of drug-likeness (QED) is 0.527. The van der Waals surface area contributed by atoms with Crippen LogP contribution in [0.1, 0.15) is 5.56 Å². The maximum atomic E-state index is 13.2. The zero-order chi connectivity index (χ0) is 20.5. The van der Waals surface area contributed by atoms with E-state index in [1.54, 1.807) is 37.3 Å². The largest absolute Gasteiger partial charge is 0.324 e. The van der Waals surface area contributed by atoms with E-state index >= 15 is 0 Å². The standard InChI is InChI=1S/C20H14ClFN4O2S/c1-11-14(21)3-2-4-15(11)24-16(27)9-26-10-23-18-17(25-29-19(18)20(26)28)12-5-7-13(22)8-6-12/h2-8,10H,9H2,1H3,(H,24,27). The van der Waals surface area contributed by atoms with Crippen molar-refractivity contribution in [3.8, 4) is 11.3 Å². The van der Waals surface area contributed by atoms with E-state index in [1.807, 2.05) is 0 Å². The molecular weight excluding hydrogens is 415 g/mol. The summed E-state index contributed by atoms with van der Waals surface area (Å²) in [5.41, 5.74) is 2.56. The number of nitrogens with one attached hydrogen (secondary N) is 1. The average molecular weight is 429 g/mol. The normalized spacial score (nSPS) is 11.0. The minimum absolute atomic E-state index is 0.197. The van der Waals surface area contributed by atoms with Gasteiger partial charge in [0.25, 0.3) is 5.56 Å². The summed E-state index contributed by atoms with van der Waals surface area (Å²) in [4.78, 5) is 29.5. The summed E-state index contributed by atoms with van der Waals surface area (Å²) in [6.07, 6.45) is 1.32. The van der Waals surface area contributed by atoms with Crippen LogP contribution in [0, 0.1) is 12.7 Å². The van der Waals surface area contributed by atoms with Crippen LogP contribution in [-0.2, 0) is 11.3 Å². The summed E-state index contributed by atoms with van der Waals surface area (Å²) in [5.74, 6) is -0.730. The number of nitrogens with zero attached hydrogens (tertiary/aromatic N) is 3. The van der Waals surface area contributed by atoms with Gasteiger partial charge < -0.3 is 5.32 Å². The molecule has 0 bridgehead atoms. The van der Waals surface area contributed by atoms with Gasteiger partial charge in [0.15, 0.2) is 0 Å². The highest BCUT2D eigenvalue weighted by Crippen LogP contribution is 2.27. The van der Waals surface area contributed by atoms with Crippen LogP contribution in [0.5, 0.6) is 0 Å². The third-order valence-electron chi connectivity index (χ3n) is 4.42. The molecule has 6 nitrogen and oxygen atoms in total. The maximum absolute atomic E-state index is 13.2. The number of fused-ring (bicyclic) bond motifs is 1. The molecule has 4 rings (SSSR count). The number of carbonyl (C=O) groups is 1.